The predicted molar refractivity (Wildman–Crippen MR) is 75.3 cm³/mol. The molecule has 1 heterocycles. The van der Waals surface area contributed by atoms with Gasteiger partial charge in [-0.2, -0.15) is 0 Å². The highest BCUT2D eigenvalue weighted by molar-refractivity contribution is 5.98. The van der Waals surface area contributed by atoms with Crippen LogP contribution in [-0.2, 0) is 9.47 Å². The topological polar surface area (TPSA) is 35.5 Å². The van der Waals surface area contributed by atoms with Gasteiger partial charge in [0.05, 0.1) is 19.1 Å². The molecule has 0 saturated carbocycles. The van der Waals surface area contributed by atoms with Crippen molar-refractivity contribution in [2.45, 2.75) is 6.29 Å². The van der Waals surface area contributed by atoms with Gasteiger partial charge in [-0.1, -0.05) is 42.5 Å². The Balaban J connectivity index is 1.63. The standard InChI is InChI=1S/C17H15FO3/c18-15-8-6-13(7-9-15)17-20-10-14(11-21-17)16(19)12-4-2-1-3-5-12/h1-9,14,17H,10-11H2. The van der Waals surface area contributed by atoms with E-state index in [0.29, 0.717) is 18.8 Å². The first kappa shape index (κ1) is 13.9. The second-order valence-corrected chi connectivity index (χ2v) is 4.98. The fourth-order valence-electron chi connectivity index (χ4n) is 2.31. The van der Waals surface area contributed by atoms with Gasteiger partial charge in [-0.25, -0.2) is 4.39 Å². The summed E-state index contributed by atoms with van der Waals surface area (Å²) in [4.78, 5) is 12.3. The lowest BCUT2D eigenvalue weighted by Crippen LogP contribution is -2.32. The quantitative estimate of drug-likeness (QED) is 0.812. The maximum Gasteiger partial charge on any atom is 0.183 e. The molecule has 2 aromatic carbocycles. The number of hydrogen-bond donors (Lipinski definition) is 0. The van der Waals surface area contributed by atoms with Gasteiger partial charge < -0.3 is 9.47 Å². The number of rotatable bonds is 3. The summed E-state index contributed by atoms with van der Waals surface area (Å²) in [6, 6.07) is 15.1. The third-order valence-electron chi connectivity index (χ3n) is 3.47. The molecule has 21 heavy (non-hydrogen) atoms. The average molecular weight is 286 g/mol. The van der Waals surface area contributed by atoms with Gasteiger partial charge in [0.15, 0.2) is 12.1 Å². The molecule has 0 radical (unpaired) electrons. The fraction of sp³-hybridized carbons (Fsp3) is 0.235. The minimum atomic E-state index is -0.537. The highest BCUT2D eigenvalue weighted by Crippen LogP contribution is 2.26. The van der Waals surface area contributed by atoms with Crippen LogP contribution in [0.15, 0.2) is 54.6 Å². The number of benzene rings is 2. The van der Waals surface area contributed by atoms with E-state index in [1.165, 1.54) is 12.1 Å². The lowest BCUT2D eigenvalue weighted by atomic mass is 9.98. The molecule has 1 aliphatic heterocycles. The summed E-state index contributed by atoms with van der Waals surface area (Å²) < 4.78 is 24.1. The molecule has 4 heteroatoms. The first-order valence-electron chi connectivity index (χ1n) is 6.82. The van der Waals surface area contributed by atoms with Crippen LogP contribution < -0.4 is 0 Å². The summed E-state index contributed by atoms with van der Waals surface area (Å²) in [6.07, 6.45) is -0.537. The second-order valence-electron chi connectivity index (χ2n) is 4.98. The van der Waals surface area contributed by atoms with Gasteiger partial charge in [-0.05, 0) is 12.1 Å². The molecule has 0 aromatic heterocycles. The summed E-state index contributed by atoms with van der Waals surface area (Å²) >= 11 is 0. The van der Waals surface area contributed by atoms with E-state index in [2.05, 4.69) is 0 Å². The zero-order chi connectivity index (χ0) is 14.7. The van der Waals surface area contributed by atoms with Crippen LogP contribution in [0.1, 0.15) is 22.2 Å². The molecule has 0 unspecified atom stereocenters. The molecule has 108 valence electrons. The van der Waals surface area contributed by atoms with Crippen molar-refractivity contribution in [3.63, 3.8) is 0 Å². The van der Waals surface area contributed by atoms with E-state index in [1.54, 1.807) is 24.3 Å². The molecule has 3 rings (SSSR count). The van der Waals surface area contributed by atoms with Crippen LogP contribution in [0.5, 0.6) is 0 Å². The first-order chi connectivity index (χ1) is 10.2. The summed E-state index contributed by atoms with van der Waals surface area (Å²) in [5, 5.41) is 0. The molecular formula is C17H15FO3. The monoisotopic (exact) mass is 286 g/mol. The van der Waals surface area contributed by atoms with E-state index >= 15 is 0 Å². The molecule has 0 bridgehead atoms. The average Bonchev–Trinajstić information content (AvgIpc) is 2.56. The molecule has 1 fully saturated rings. The predicted octanol–water partition coefficient (Wildman–Crippen LogP) is 3.37. The maximum atomic E-state index is 12.9. The van der Waals surface area contributed by atoms with E-state index in [9.17, 15) is 9.18 Å². The summed E-state index contributed by atoms with van der Waals surface area (Å²) in [6.45, 7) is 0.603. The van der Waals surface area contributed by atoms with Gasteiger partial charge >= 0.3 is 0 Å². The van der Waals surface area contributed by atoms with Gasteiger partial charge in [0.25, 0.3) is 0 Å². The number of halogens is 1. The van der Waals surface area contributed by atoms with Crippen molar-refractivity contribution in [3.05, 3.63) is 71.5 Å². The summed E-state index contributed by atoms with van der Waals surface area (Å²) in [7, 11) is 0. The number of Topliss-reactive ketones (excluding diaryl/α,β-unsaturated/α-hetero) is 1. The Morgan fingerprint density at radius 3 is 2.19 bits per heavy atom. The Kier molecular flexibility index (Phi) is 4.08. The molecule has 1 aliphatic rings. The Bertz CT molecular complexity index is 602. The molecule has 3 nitrogen and oxygen atoms in total. The molecule has 1 saturated heterocycles. The third-order valence-corrected chi connectivity index (χ3v) is 3.47. The zero-order valence-electron chi connectivity index (χ0n) is 11.4. The number of carbonyl (C=O) groups excluding carboxylic acids is 1. The van der Waals surface area contributed by atoms with Crippen LogP contribution in [0.2, 0.25) is 0 Å². The van der Waals surface area contributed by atoms with Crippen molar-refractivity contribution in [1.29, 1.82) is 0 Å². The molecule has 2 aromatic rings. The minimum absolute atomic E-state index is 0.0214. The zero-order valence-corrected chi connectivity index (χ0v) is 11.4. The van der Waals surface area contributed by atoms with E-state index in [0.717, 1.165) is 5.56 Å². The van der Waals surface area contributed by atoms with Gasteiger partial charge in [-0.3, -0.25) is 4.79 Å². The van der Waals surface area contributed by atoms with Crippen LogP contribution in [-0.4, -0.2) is 19.0 Å². The Hall–Kier alpha value is -2.04. The van der Waals surface area contributed by atoms with Crippen LogP contribution >= 0.6 is 0 Å². The van der Waals surface area contributed by atoms with Crippen LogP contribution in [0.25, 0.3) is 0 Å². The normalized spacial score (nSPS) is 22.0. The van der Waals surface area contributed by atoms with Crippen LogP contribution in [0, 0.1) is 11.7 Å². The van der Waals surface area contributed by atoms with Crippen LogP contribution in [0.4, 0.5) is 4.39 Å². The van der Waals surface area contributed by atoms with Gasteiger partial charge in [-0.15, -0.1) is 0 Å². The Morgan fingerprint density at radius 1 is 0.952 bits per heavy atom. The second kappa shape index (κ2) is 6.16. The van der Waals surface area contributed by atoms with E-state index in [-0.39, 0.29) is 17.5 Å². The molecule has 0 atom stereocenters. The van der Waals surface area contributed by atoms with Crippen molar-refractivity contribution < 1.29 is 18.7 Å². The van der Waals surface area contributed by atoms with E-state index in [1.807, 2.05) is 18.2 Å². The highest BCUT2D eigenvalue weighted by Gasteiger charge is 2.28. The minimum Gasteiger partial charge on any atom is -0.348 e. The Labute approximate surface area is 122 Å². The summed E-state index contributed by atoms with van der Waals surface area (Å²) in [5.41, 5.74) is 1.41. The molecule has 0 N–H and O–H groups in total. The fourth-order valence-corrected chi connectivity index (χ4v) is 2.31. The lowest BCUT2D eigenvalue weighted by Gasteiger charge is -2.28. The van der Waals surface area contributed by atoms with E-state index in [4.69, 9.17) is 9.47 Å². The smallest absolute Gasteiger partial charge is 0.183 e. The van der Waals surface area contributed by atoms with Crippen molar-refractivity contribution in [2.24, 2.45) is 5.92 Å². The highest BCUT2D eigenvalue weighted by atomic mass is 19.1. The van der Waals surface area contributed by atoms with Gasteiger partial charge in [0.1, 0.15) is 5.82 Å². The number of ketones is 1. The molecular weight excluding hydrogens is 271 g/mol. The molecule has 0 aliphatic carbocycles. The number of carbonyl (C=O) groups is 1. The van der Waals surface area contributed by atoms with Crippen molar-refractivity contribution in [1.82, 2.24) is 0 Å². The van der Waals surface area contributed by atoms with Crippen LogP contribution in [0.3, 0.4) is 0 Å². The lowest BCUT2D eigenvalue weighted by molar-refractivity contribution is -0.197. The first-order valence-corrected chi connectivity index (χ1v) is 6.82. The largest absolute Gasteiger partial charge is 0.348 e. The summed E-state index contributed by atoms with van der Waals surface area (Å²) in [5.74, 6) is -0.580. The Morgan fingerprint density at radius 2 is 1.57 bits per heavy atom. The van der Waals surface area contributed by atoms with Gasteiger partial charge in [0, 0.05) is 11.1 Å². The van der Waals surface area contributed by atoms with Crippen molar-refractivity contribution in [3.8, 4) is 0 Å². The van der Waals surface area contributed by atoms with Crippen molar-refractivity contribution >= 4 is 5.78 Å². The molecule has 0 amide bonds. The SMILES string of the molecule is O=C(c1ccccc1)C1COC(c2ccc(F)cc2)OC1. The van der Waals surface area contributed by atoms with Crippen molar-refractivity contribution in [2.75, 3.05) is 13.2 Å². The van der Waals surface area contributed by atoms with E-state index < -0.39 is 6.29 Å². The number of ether oxygens (including phenoxy) is 2. The number of hydrogen-bond acceptors (Lipinski definition) is 3. The maximum absolute atomic E-state index is 12.9. The third kappa shape index (κ3) is 3.17. The van der Waals surface area contributed by atoms with Gasteiger partial charge in [0.2, 0.25) is 0 Å². The molecule has 0 spiro atoms.